The molecule has 2 aromatic rings. The molecule has 0 bridgehead atoms. The summed E-state index contributed by atoms with van der Waals surface area (Å²) in [4.78, 5) is 0. The Morgan fingerprint density at radius 3 is 2.36 bits per heavy atom. The van der Waals surface area contributed by atoms with E-state index in [0.29, 0.717) is 5.41 Å². The smallest absolute Gasteiger partial charge is 0.201 e. The molecule has 2 saturated carbocycles. The normalized spacial score (nSPS) is 20.7. The van der Waals surface area contributed by atoms with Crippen LogP contribution in [0.25, 0.3) is 11.3 Å². The first-order valence-corrected chi connectivity index (χ1v) is 10.2. The van der Waals surface area contributed by atoms with E-state index < -0.39 is 0 Å². The summed E-state index contributed by atoms with van der Waals surface area (Å²) in [5.74, 6) is 0.761. The Kier molecular flexibility index (Phi) is 4.67. The minimum atomic E-state index is 0.715. The number of aromatic nitrogens is 1. The average molecular weight is 335 g/mol. The minimum Gasteiger partial charge on any atom is -0.201 e. The van der Waals surface area contributed by atoms with Crippen LogP contribution in [0.1, 0.15) is 74.8 Å². The highest BCUT2D eigenvalue weighted by Gasteiger charge is 2.36. The van der Waals surface area contributed by atoms with E-state index in [-0.39, 0.29) is 0 Å². The van der Waals surface area contributed by atoms with Crippen LogP contribution in [0.3, 0.4) is 0 Å². The average Bonchev–Trinajstić information content (AvgIpc) is 2.64. The van der Waals surface area contributed by atoms with Crippen LogP contribution < -0.4 is 4.57 Å². The van der Waals surface area contributed by atoms with Crippen molar-refractivity contribution in [1.82, 2.24) is 0 Å². The largest absolute Gasteiger partial charge is 0.212 e. The molecule has 4 rings (SSSR count). The monoisotopic (exact) mass is 334 g/mol. The molecule has 1 aromatic heterocycles. The highest BCUT2D eigenvalue weighted by Crippen LogP contribution is 2.51. The second-order valence-corrected chi connectivity index (χ2v) is 8.61. The molecule has 2 aliphatic rings. The summed E-state index contributed by atoms with van der Waals surface area (Å²) in [6.45, 7) is 2.22. The van der Waals surface area contributed by atoms with Crippen molar-refractivity contribution in [2.75, 3.05) is 0 Å². The van der Waals surface area contributed by atoms with E-state index in [0.717, 1.165) is 5.92 Å². The fourth-order valence-electron chi connectivity index (χ4n) is 5.33. The molecule has 25 heavy (non-hydrogen) atoms. The number of hydrogen-bond acceptors (Lipinski definition) is 0. The fourth-order valence-corrected chi connectivity index (χ4v) is 5.33. The van der Waals surface area contributed by atoms with Gasteiger partial charge in [0, 0.05) is 17.7 Å². The molecule has 1 aromatic carbocycles. The maximum Gasteiger partial charge on any atom is 0.212 e. The molecule has 0 aliphatic heterocycles. The maximum atomic E-state index is 2.46. The van der Waals surface area contributed by atoms with Crippen LogP contribution in [0.4, 0.5) is 0 Å². The quantitative estimate of drug-likeness (QED) is 0.585. The third kappa shape index (κ3) is 3.38. The molecule has 1 spiro atoms. The van der Waals surface area contributed by atoms with Crippen LogP contribution >= 0.6 is 0 Å². The Hall–Kier alpha value is -1.63. The molecular weight excluding hydrogens is 302 g/mol. The topological polar surface area (TPSA) is 3.88 Å². The lowest BCUT2D eigenvalue weighted by Gasteiger charge is -2.43. The molecule has 0 radical (unpaired) electrons. The lowest BCUT2D eigenvalue weighted by atomic mass is 9.62. The summed E-state index contributed by atoms with van der Waals surface area (Å²) in [7, 11) is 2.17. The van der Waals surface area contributed by atoms with Gasteiger partial charge in [0.1, 0.15) is 7.05 Å². The molecule has 0 unspecified atom stereocenters. The van der Waals surface area contributed by atoms with E-state index in [9.17, 15) is 0 Å². The van der Waals surface area contributed by atoms with Gasteiger partial charge in [-0.2, -0.15) is 0 Å². The van der Waals surface area contributed by atoms with Gasteiger partial charge in [0.2, 0.25) is 5.69 Å². The van der Waals surface area contributed by atoms with Crippen molar-refractivity contribution in [3.8, 4) is 11.3 Å². The highest BCUT2D eigenvalue weighted by atomic mass is 14.9. The van der Waals surface area contributed by atoms with Crippen LogP contribution in [-0.4, -0.2) is 0 Å². The molecular formula is C24H32N+. The zero-order valence-corrected chi connectivity index (χ0v) is 15.9. The third-order valence-corrected chi connectivity index (χ3v) is 7.03. The van der Waals surface area contributed by atoms with E-state index in [1.807, 2.05) is 0 Å². The van der Waals surface area contributed by atoms with Crippen molar-refractivity contribution in [2.24, 2.45) is 12.5 Å². The molecule has 2 aliphatic carbocycles. The number of rotatable bonds is 2. The highest BCUT2D eigenvalue weighted by molar-refractivity contribution is 5.61. The Bertz CT molecular complexity index is 730. The zero-order chi connectivity index (χ0) is 17.3. The summed E-state index contributed by atoms with van der Waals surface area (Å²) >= 11 is 0. The van der Waals surface area contributed by atoms with Crippen molar-refractivity contribution in [2.45, 2.75) is 70.6 Å². The summed E-state index contributed by atoms with van der Waals surface area (Å²) in [5, 5.41) is 0. The molecule has 0 amide bonds. The van der Waals surface area contributed by atoms with E-state index in [2.05, 4.69) is 61.1 Å². The van der Waals surface area contributed by atoms with Crippen LogP contribution in [0.5, 0.6) is 0 Å². The standard InChI is InChI=1S/C24H32N/c1-19-8-4-5-9-22(19)23-18-21(12-17-25(23)2)20-10-15-24(16-11-20)13-6-3-7-14-24/h4-5,8-9,12,17-18,20H,3,6-7,10-11,13-16H2,1-2H3/q+1. The predicted octanol–water partition coefficient (Wildman–Crippen LogP) is 6.09. The first-order chi connectivity index (χ1) is 12.2. The molecule has 1 nitrogen and oxygen atoms in total. The Balaban J connectivity index is 1.56. The van der Waals surface area contributed by atoms with Crippen LogP contribution in [0.2, 0.25) is 0 Å². The lowest BCUT2D eigenvalue weighted by molar-refractivity contribution is -0.660. The maximum absolute atomic E-state index is 2.46. The first kappa shape index (κ1) is 16.8. The van der Waals surface area contributed by atoms with E-state index in [1.54, 1.807) is 5.56 Å². The van der Waals surface area contributed by atoms with Crippen LogP contribution in [0, 0.1) is 12.3 Å². The lowest BCUT2D eigenvalue weighted by Crippen LogP contribution is -2.32. The van der Waals surface area contributed by atoms with Gasteiger partial charge in [-0.25, -0.2) is 4.57 Å². The van der Waals surface area contributed by atoms with Gasteiger partial charge in [0.05, 0.1) is 0 Å². The van der Waals surface area contributed by atoms with Crippen molar-refractivity contribution < 1.29 is 4.57 Å². The number of aryl methyl sites for hydroxylation is 2. The second kappa shape index (κ2) is 6.94. The van der Waals surface area contributed by atoms with Gasteiger partial charge >= 0.3 is 0 Å². The van der Waals surface area contributed by atoms with Crippen molar-refractivity contribution in [1.29, 1.82) is 0 Å². The van der Waals surface area contributed by atoms with Crippen molar-refractivity contribution in [3.05, 3.63) is 53.7 Å². The number of benzene rings is 1. The van der Waals surface area contributed by atoms with E-state index >= 15 is 0 Å². The molecule has 1 heteroatoms. The number of pyridine rings is 1. The second-order valence-electron chi connectivity index (χ2n) is 8.61. The van der Waals surface area contributed by atoms with E-state index in [4.69, 9.17) is 0 Å². The van der Waals surface area contributed by atoms with Crippen molar-refractivity contribution in [3.63, 3.8) is 0 Å². The summed E-state index contributed by atoms with van der Waals surface area (Å²) in [6, 6.07) is 13.6. The summed E-state index contributed by atoms with van der Waals surface area (Å²) in [5.41, 5.74) is 6.36. The molecule has 0 atom stereocenters. The Morgan fingerprint density at radius 1 is 0.920 bits per heavy atom. The number of hydrogen-bond donors (Lipinski definition) is 0. The van der Waals surface area contributed by atoms with Gasteiger partial charge in [0.25, 0.3) is 0 Å². The molecule has 1 heterocycles. The van der Waals surface area contributed by atoms with Crippen LogP contribution in [0.15, 0.2) is 42.6 Å². The molecule has 0 saturated heterocycles. The zero-order valence-electron chi connectivity index (χ0n) is 15.9. The van der Waals surface area contributed by atoms with Gasteiger partial charge < -0.3 is 0 Å². The van der Waals surface area contributed by atoms with Gasteiger partial charge in [-0.3, -0.25) is 0 Å². The minimum absolute atomic E-state index is 0.715. The van der Waals surface area contributed by atoms with Gasteiger partial charge in [-0.1, -0.05) is 37.5 Å². The SMILES string of the molecule is Cc1ccccc1-c1cc(C2CCC3(CCCCC3)CC2)cc[n+]1C. The van der Waals surface area contributed by atoms with Gasteiger partial charge in [-0.15, -0.1) is 0 Å². The Labute approximate surface area is 153 Å². The van der Waals surface area contributed by atoms with Gasteiger partial charge in [0.15, 0.2) is 6.20 Å². The molecule has 2 fully saturated rings. The fraction of sp³-hybridized carbons (Fsp3) is 0.542. The molecule has 0 N–H and O–H groups in total. The summed E-state index contributed by atoms with van der Waals surface area (Å²) < 4.78 is 2.28. The summed E-state index contributed by atoms with van der Waals surface area (Å²) in [6.07, 6.45) is 15.4. The molecule has 132 valence electrons. The van der Waals surface area contributed by atoms with Gasteiger partial charge in [-0.05, 0) is 74.0 Å². The third-order valence-electron chi connectivity index (χ3n) is 7.03. The Morgan fingerprint density at radius 2 is 1.64 bits per heavy atom. The number of nitrogens with zero attached hydrogens (tertiary/aromatic N) is 1. The van der Waals surface area contributed by atoms with E-state index in [1.165, 1.54) is 74.6 Å². The predicted molar refractivity (Wildman–Crippen MR) is 105 cm³/mol. The van der Waals surface area contributed by atoms with Crippen LogP contribution in [-0.2, 0) is 7.05 Å². The first-order valence-electron chi connectivity index (χ1n) is 10.2. The van der Waals surface area contributed by atoms with Crippen molar-refractivity contribution >= 4 is 0 Å².